The van der Waals surface area contributed by atoms with Crippen LogP contribution in [0.5, 0.6) is 0 Å². The van der Waals surface area contributed by atoms with Gasteiger partial charge in [-0.25, -0.2) is 4.98 Å². The van der Waals surface area contributed by atoms with Crippen LogP contribution in [0.25, 0.3) is 0 Å². The molecule has 0 aliphatic carbocycles. The Hall–Kier alpha value is -1.89. The molecule has 1 unspecified atom stereocenters. The standard InChI is InChI=1S/C9H13N3O4/c1-6(5-13)4-10-9(14)7-2-3-8(11-7)12(15)16/h2-3,6,11,13H,4-5H2,1H3,(H,10,14). The number of aliphatic hydroxyl groups is 1. The molecule has 0 aliphatic heterocycles. The van der Waals surface area contributed by atoms with Gasteiger partial charge >= 0.3 is 5.82 Å². The van der Waals surface area contributed by atoms with Crippen molar-refractivity contribution < 1.29 is 14.8 Å². The SMILES string of the molecule is CC(CO)CNC(=O)c1ccc([N+](=O)[O-])[nH]1. The van der Waals surface area contributed by atoms with Crippen LogP contribution in [0.2, 0.25) is 0 Å². The highest BCUT2D eigenvalue weighted by molar-refractivity contribution is 5.92. The summed E-state index contributed by atoms with van der Waals surface area (Å²) in [5.74, 6) is -0.692. The average molecular weight is 227 g/mol. The predicted octanol–water partition coefficient (Wildman–Crippen LogP) is 0.281. The molecule has 0 aromatic carbocycles. The molecule has 0 saturated carbocycles. The van der Waals surface area contributed by atoms with Gasteiger partial charge in [0.1, 0.15) is 0 Å². The number of aromatic nitrogens is 1. The van der Waals surface area contributed by atoms with E-state index in [1.165, 1.54) is 12.1 Å². The fourth-order valence-corrected chi connectivity index (χ4v) is 1.05. The summed E-state index contributed by atoms with van der Waals surface area (Å²) in [6.07, 6.45) is 0. The average Bonchev–Trinajstić information content (AvgIpc) is 2.74. The van der Waals surface area contributed by atoms with Gasteiger partial charge in [-0.2, -0.15) is 0 Å². The van der Waals surface area contributed by atoms with Crippen LogP contribution in [0.1, 0.15) is 17.4 Å². The van der Waals surface area contributed by atoms with Crippen molar-refractivity contribution in [1.82, 2.24) is 10.3 Å². The molecule has 0 radical (unpaired) electrons. The van der Waals surface area contributed by atoms with E-state index < -0.39 is 10.8 Å². The van der Waals surface area contributed by atoms with E-state index in [1.807, 2.05) is 0 Å². The quantitative estimate of drug-likeness (QED) is 0.496. The molecule has 1 aromatic heterocycles. The van der Waals surface area contributed by atoms with Gasteiger partial charge < -0.3 is 20.5 Å². The zero-order chi connectivity index (χ0) is 12.1. The molecule has 0 spiro atoms. The van der Waals surface area contributed by atoms with E-state index in [9.17, 15) is 14.9 Å². The number of rotatable bonds is 5. The zero-order valence-corrected chi connectivity index (χ0v) is 8.77. The Morgan fingerprint density at radius 1 is 1.69 bits per heavy atom. The lowest BCUT2D eigenvalue weighted by molar-refractivity contribution is -0.389. The molecular weight excluding hydrogens is 214 g/mol. The van der Waals surface area contributed by atoms with Crippen molar-refractivity contribution in [1.29, 1.82) is 0 Å². The van der Waals surface area contributed by atoms with Gasteiger partial charge in [-0.15, -0.1) is 0 Å². The van der Waals surface area contributed by atoms with Gasteiger partial charge in [0.15, 0.2) is 5.69 Å². The van der Waals surface area contributed by atoms with Crippen molar-refractivity contribution in [2.24, 2.45) is 5.92 Å². The minimum Gasteiger partial charge on any atom is -0.396 e. The number of carbonyl (C=O) groups excluding carboxylic acids is 1. The van der Waals surface area contributed by atoms with Crippen LogP contribution in [0, 0.1) is 16.0 Å². The lowest BCUT2D eigenvalue weighted by Gasteiger charge is -2.07. The molecule has 0 saturated heterocycles. The van der Waals surface area contributed by atoms with Crippen molar-refractivity contribution in [2.45, 2.75) is 6.92 Å². The molecule has 7 heteroatoms. The fourth-order valence-electron chi connectivity index (χ4n) is 1.05. The Balaban J connectivity index is 2.56. The number of hydrogen-bond acceptors (Lipinski definition) is 4. The number of carbonyl (C=O) groups is 1. The molecule has 0 aliphatic rings. The smallest absolute Gasteiger partial charge is 0.321 e. The van der Waals surface area contributed by atoms with E-state index >= 15 is 0 Å². The Morgan fingerprint density at radius 2 is 2.38 bits per heavy atom. The van der Waals surface area contributed by atoms with Crippen LogP contribution >= 0.6 is 0 Å². The largest absolute Gasteiger partial charge is 0.396 e. The maximum absolute atomic E-state index is 11.5. The maximum Gasteiger partial charge on any atom is 0.321 e. The van der Waals surface area contributed by atoms with Crippen LogP contribution in [-0.2, 0) is 0 Å². The van der Waals surface area contributed by atoms with Crippen LogP contribution in [0.4, 0.5) is 5.82 Å². The van der Waals surface area contributed by atoms with Crippen molar-refractivity contribution in [3.8, 4) is 0 Å². The first-order chi connectivity index (χ1) is 7.54. The van der Waals surface area contributed by atoms with Gasteiger partial charge in [-0.1, -0.05) is 6.92 Å². The maximum atomic E-state index is 11.5. The summed E-state index contributed by atoms with van der Waals surface area (Å²) in [6, 6.07) is 2.57. The highest BCUT2D eigenvalue weighted by Gasteiger charge is 2.15. The van der Waals surface area contributed by atoms with Gasteiger partial charge in [0.05, 0.1) is 0 Å². The van der Waals surface area contributed by atoms with Gasteiger partial charge in [-0.3, -0.25) is 4.79 Å². The first-order valence-corrected chi connectivity index (χ1v) is 4.77. The first-order valence-electron chi connectivity index (χ1n) is 4.77. The summed E-state index contributed by atoms with van der Waals surface area (Å²) in [5, 5.41) is 21.7. The molecule has 3 N–H and O–H groups in total. The Kier molecular flexibility index (Phi) is 4.01. The third-order valence-electron chi connectivity index (χ3n) is 2.03. The van der Waals surface area contributed by atoms with E-state index in [0.29, 0.717) is 6.54 Å². The van der Waals surface area contributed by atoms with Gasteiger partial charge in [0.2, 0.25) is 0 Å². The molecule has 88 valence electrons. The third-order valence-corrected chi connectivity index (χ3v) is 2.03. The molecule has 1 atom stereocenters. The number of amides is 1. The molecule has 0 fully saturated rings. The van der Waals surface area contributed by atoms with E-state index in [-0.39, 0.29) is 24.0 Å². The van der Waals surface area contributed by atoms with Gasteiger partial charge in [0.25, 0.3) is 5.91 Å². The van der Waals surface area contributed by atoms with Crippen LogP contribution in [-0.4, -0.2) is 34.1 Å². The molecular formula is C9H13N3O4. The number of aliphatic hydroxyl groups excluding tert-OH is 1. The van der Waals surface area contributed by atoms with Crippen molar-refractivity contribution in [2.75, 3.05) is 13.2 Å². The summed E-state index contributed by atoms with van der Waals surface area (Å²) in [5.41, 5.74) is 0.136. The summed E-state index contributed by atoms with van der Waals surface area (Å²) >= 11 is 0. The normalized spacial score (nSPS) is 12.1. The van der Waals surface area contributed by atoms with E-state index in [1.54, 1.807) is 6.92 Å². The van der Waals surface area contributed by atoms with Gasteiger partial charge in [0, 0.05) is 19.2 Å². The number of H-pyrrole nitrogens is 1. The van der Waals surface area contributed by atoms with E-state index in [4.69, 9.17) is 5.11 Å². The van der Waals surface area contributed by atoms with Crippen LogP contribution in [0.15, 0.2) is 12.1 Å². The first kappa shape index (κ1) is 12.2. The summed E-state index contributed by atoms with van der Waals surface area (Å²) in [7, 11) is 0. The van der Waals surface area contributed by atoms with Crippen LogP contribution in [0.3, 0.4) is 0 Å². The lowest BCUT2D eigenvalue weighted by Crippen LogP contribution is -2.29. The molecule has 16 heavy (non-hydrogen) atoms. The number of aromatic amines is 1. The Morgan fingerprint density at radius 3 is 2.88 bits per heavy atom. The van der Waals surface area contributed by atoms with E-state index in [2.05, 4.69) is 10.3 Å². The predicted molar refractivity (Wildman–Crippen MR) is 56.0 cm³/mol. The summed E-state index contributed by atoms with van der Waals surface area (Å²) < 4.78 is 0. The summed E-state index contributed by atoms with van der Waals surface area (Å²) in [4.78, 5) is 23.6. The molecule has 1 rings (SSSR count). The third kappa shape index (κ3) is 3.06. The second-order valence-corrected chi connectivity index (χ2v) is 3.51. The minimum atomic E-state index is -0.604. The summed E-state index contributed by atoms with van der Waals surface area (Å²) in [6.45, 7) is 2.07. The molecule has 1 aromatic rings. The van der Waals surface area contributed by atoms with Crippen LogP contribution < -0.4 is 5.32 Å². The number of nitrogens with one attached hydrogen (secondary N) is 2. The highest BCUT2D eigenvalue weighted by atomic mass is 16.6. The van der Waals surface area contributed by atoms with Crippen molar-refractivity contribution >= 4 is 11.7 Å². The molecule has 1 heterocycles. The minimum absolute atomic E-state index is 0.0227. The van der Waals surface area contributed by atoms with E-state index in [0.717, 1.165) is 0 Å². The molecule has 0 bridgehead atoms. The Labute approximate surface area is 91.6 Å². The molecule has 7 nitrogen and oxygen atoms in total. The second kappa shape index (κ2) is 5.26. The number of nitrogens with zero attached hydrogens (tertiary/aromatic N) is 1. The highest BCUT2D eigenvalue weighted by Crippen LogP contribution is 2.09. The zero-order valence-electron chi connectivity index (χ0n) is 8.77. The van der Waals surface area contributed by atoms with Gasteiger partial charge in [-0.05, 0) is 16.9 Å². The second-order valence-electron chi connectivity index (χ2n) is 3.51. The number of nitro groups is 1. The number of hydrogen-bond donors (Lipinski definition) is 3. The fraction of sp³-hybridized carbons (Fsp3) is 0.444. The topological polar surface area (TPSA) is 108 Å². The van der Waals surface area contributed by atoms with Crippen molar-refractivity contribution in [3.63, 3.8) is 0 Å². The Bertz CT molecular complexity index is 388. The van der Waals surface area contributed by atoms with Crippen molar-refractivity contribution in [3.05, 3.63) is 27.9 Å². The molecule has 1 amide bonds. The lowest BCUT2D eigenvalue weighted by atomic mass is 10.2. The monoisotopic (exact) mass is 227 g/mol.